The van der Waals surface area contributed by atoms with Crippen LogP contribution >= 0.6 is 11.3 Å². The first-order valence-electron chi connectivity index (χ1n) is 7.86. The number of rotatable bonds is 3. The first-order chi connectivity index (χ1) is 12.4. The molecule has 1 aromatic carbocycles. The second kappa shape index (κ2) is 5.68. The Labute approximate surface area is 147 Å². The van der Waals surface area contributed by atoms with Crippen molar-refractivity contribution in [3.05, 3.63) is 66.4 Å². The molecule has 0 fully saturated rings. The van der Waals surface area contributed by atoms with Crippen LogP contribution in [-0.2, 0) is 0 Å². The van der Waals surface area contributed by atoms with Crippen molar-refractivity contribution in [3.8, 4) is 33.2 Å². The molecule has 0 bridgehead atoms. The molecule has 6 heteroatoms. The van der Waals surface area contributed by atoms with Crippen molar-refractivity contribution < 1.29 is 0 Å². The lowest BCUT2D eigenvalue weighted by atomic mass is 10.1. The number of aromatic nitrogens is 5. The number of benzene rings is 1. The van der Waals surface area contributed by atoms with Crippen LogP contribution in [0.15, 0.2) is 66.4 Å². The molecule has 0 amide bonds. The number of H-pyrrole nitrogens is 2. The molecular weight excluding hydrogens is 330 g/mol. The second-order valence-corrected chi connectivity index (χ2v) is 6.63. The normalized spacial score (nSPS) is 11.2. The van der Waals surface area contributed by atoms with Gasteiger partial charge in [-0.2, -0.15) is 5.10 Å². The molecule has 5 nitrogen and oxygen atoms in total. The Hall–Kier alpha value is -3.25. The number of nitrogens with zero attached hydrogens (tertiary/aromatic N) is 3. The zero-order valence-electron chi connectivity index (χ0n) is 13.1. The van der Waals surface area contributed by atoms with Gasteiger partial charge in [-0.1, -0.05) is 18.2 Å². The third-order valence-electron chi connectivity index (χ3n) is 4.14. The minimum Gasteiger partial charge on any atom is -0.353 e. The number of nitrogens with one attached hydrogen (secondary N) is 2. The molecule has 5 aromatic rings. The van der Waals surface area contributed by atoms with E-state index in [0.29, 0.717) is 0 Å². The molecule has 0 aliphatic rings. The average molecular weight is 343 g/mol. The summed E-state index contributed by atoms with van der Waals surface area (Å²) < 4.78 is 0. The summed E-state index contributed by atoms with van der Waals surface area (Å²) in [5.74, 6) is 0. The Kier molecular flexibility index (Phi) is 3.21. The molecule has 0 saturated heterocycles. The minimum atomic E-state index is 0.775. The predicted octanol–water partition coefficient (Wildman–Crippen LogP) is 4.74. The van der Waals surface area contributed by atoms with Gasteiger partial charge in [0.05, 0.1) is 17.6 Å². The summed E-state index contributed by atoms with van der Waals surface area (Å²) in [6.07, 6.45) is 5.05. The van der Waals surface area contributed by atoms with Crippen LogP contribution in [0.25, 0.3) is 44.1 Å². The van der Waals surface area contributed by atoms with Crippen LogP contribution in [-0.4, -0.2) is 25.1 Å². The Bertz CT molecular complexity index is 1140. The van der Waals surface area contributed by atoms with E-state index in [1.165, 1.54) is 15.8 Å². The molecule has 2 N–H and O–H groups in total. The van der Waals surface area contributed by atoms with Crippen molar-refractivity contribution in [2.45, 2.75) is 0 Å². The summed E-state index contributed by atoms with van der Waals surface area (Å²) in [6, 6.07) is 14.7. The highest BCUT2D eigenvalue weighted by Crippen LogP contribution is 2.34. The van der Waals surface area contributed by atoms with E-state index in [9.17, 15) is 0 Å². The van der Waals surface area contributed by atoms with Gasteiger partial charge < -0.3 is 4.98 Å². The third-order valence-corrected chi connectivity index (χ3v) is 5.05. The fourth-order valence-electron chi connectivity index (χ4n) is 2.97. The molecule has 0 aliphatic heterocycles. The van der Waals surface area contributed by atoms with Crippen molar-refractivity contribution in [3.63, 3.8) is 0 Å². The fraction of sp³-hybridized carbons (Fsp3) is 0. The van der Waals surface area contributed by atoms with Crippen LogP contribution in [0.4, 0.5) is 0 Å². The lowest BCUT2D eigenvalue weighted by molar-refractivity contribution is 1.08. The molecule has 5 rings (SSSR count). The first kappa shape index (κ1) is 14.1. The van der Waals surface area contributed by atoms with Gasteiger partial charge in [0, 0.05) is 33.7 Å². The molecule has 4 heterocycles. The van der Waals surface area contributed by atoms with Gasteiger partial charge in [0.15, 0.2) is 0 Å². The summed E-state index contributed by atoms with van der Waals surface area (Å²) in [7, 11) is 0. The van der Waals surface area contributed by atoms with E-state index >= 15 is 0 Å². The average Bonchev–Trinajstić information content (AvgIpc) is 3.41. The lowest BCUT2D eigenvalue weighted by Gasteiger charge is -1.98. The number of thiophene rings is 1. The van der Waals surface area contributed by atoms with Crippen molar-refractivity contribution in [1.29, 1.82) is 0 Å². The minimum absolute atomic E-state index is 0.775. The summed E-state index contributed by atoms with van der Waals surface area (Å²) in [4.78, 5) is 13.1. The number of fused-ring (bicyclic) bond motifs is 1. The Morgan fingerprint density at radius 2 is 1.92 bits per heavy atom. The van der Waals surface area contributed by atoms with Gasteiger partial charge in [-0.25, -0.2) is 0 Å². The SMILES string of the molecule is c1csc(-c2cccc3[nH]c(-c4cc(-c5cnccn5)[nH]n4)cc23)c1. The molecule has 0 atom stereocenters. The van der Waals surface area contributed by atoms with Gasteiger partial charge in [0.2, 0.25) is 0 Å². The maximum atomic E-state index is 4.43. The van der Waals surface area contributed by atoms with Gasteiger partial charge in [0.1, 0.15) is 11.4 Å². The third kappa shape index (κ3) is 2.43. The molecule has 4 aromatic heterocycles. The van der Waals surface area contributed by atoms with Crippen molar-refractivity contribution in [2.24, 2.45) is 0 Å². The van der Waals surface area contributed by atoms with E-state index < -0.39 is 0 Å². The van der Waals surface area contributed by atoms with Gasteiger partial charge in [-0.05, 0) is 29.6 Å². The number of hydrogen-bond acceptors (Lipinski definition) is 4. The highest BCUT2D eigenvalue weighted by molar-refractivity contribution is 7.13. The monoisotopic (exact) mass is 343 g/mol. The molecule has 0 unspecified atom stereocenters. The number of hydrogen-bond donors (Lipinski definition) is 2. The molecule has 25 heavy (non-hydrogen) atoms. The van der Waals surface area contributed by atoms with Crippen LogP contribution in [0, 0.1) is 0 Å². The maximum Gasteiger partial charge on any atom is 0.109 e. The predicted molar refractivity (Wildman–Crippen MR) is 100 cm³/mol. The molecule has 120 valence electrons. The molecule has 0 spiro atoms. The zero-order chi connectivity index (χ0) is 16.6. The van der Waals surface area contributed by atoms with E-state index in [2.05, 4.69) is 66.9 Å². The van der Waals surface area contributed by atoms with Crippen LogP contribution in [0.1, 0.15) is 0 Å². The molecule has 0 saturated carbocycles. The van der Waals surface area contributed by atoms with E-state index in [-0.39, 0.29) is 0 Å². The summed E-state index contributed by atoms with van der Waals surface area (Å²) >= 11 is 1.75. The van der Waals surface area contributed by atoms with Crippen molar-refractivity contribution in [2.75, 3.05) is 0 Å². The topological polar surface area (TPSA) is 70.2 Å². The van der Waals surface area contributed by atoms with Crippen LogP contribution in [0.3, 0.4) is 0 Å². The Morgan fingerprint density at radius 3 is 2.76 bits per heavy atom. The van der Waals surface area contributed by atoms with Gasteiger partial charge in [-0.3, -0.25) is 15.1 Å². The second-order valence-electron chi connectivity index (χ2n) is 5.68. The van der Waals surface area contributed by atoms with E-state index in [1.54, 1.807) is 29.9 Å². The zero-order valence-corrected chi connectivity index (χ0v) is 13.9. The highest BCUT2D eigenvalue weighted by Gasteiger charge is 2.12. The highest BCUT2D eigenvalue weighted by atomic mass is 32.1. The molecular formula is C19H13N5S. The van der Waals surface area contributed by atoms with Crippen molar-refractivity contribution in [1.82, 2.24) is 25.1 Å². The first-order valence-corrected chi connectivity index (χ1v) is 8.74. The lowest BCUT2D eigenvalue weighted by Crippen LogP contribution is -1.83. The summed E-state index contributed by atoms with van der Waals surface area (Å²) in [5, 5.41) is 10.8. The smallest absolute Gasteiger partial charge is 0.109 e. The van der Waals surface area contributed by atoms with E-state index in [4.69, 9.17) is 0 Å². The standard InChI is InChI=1S/C19H13N5S/c1-3-12(19-5-2-8-25-19)13-9-15(22-14(13)4-1)16-10-17(24-23-16)18-11-20-6-7-21-18/h1-11,22H,(H,23,24). The van der Waals surface area contributed by atoms with Gasteiger partial charge >= 0.3 is 0 Å². The van der Waals surface area contributed by atoms with Crippen LogP contribution in [0.2, 0.25) is 0 Å². The number of aromatic amines is 2. The van der Waals surface area contributed by atoms with Crippen LogP contribution in [0.5, 0.6) is 0 Å². The molecule has 0 aliphatic carbocycles. The van der Waals surface area contributed by atoms with Crippen molar-refractivity contribution >= 4 is 22.2 Å². The van der Waals surface area contributed by atoms with Gasteiger partial charge in [-0.15, -0.1) is 11.3 Å². The maximum absolute atomic E-state index is 4.43. The van der Waals surface area contributed by atoms with E-state index in [1.807, 2.05) is 6.07 Å². The summed E-state index contributed by atoms with van der Waals surface area (Å²) in [5.41, 5.74) is 5.79. The molecule has 0 radical (unpaired) electrons. The quantitative estimate of drug-likeness (QED) is 0.497. The van der Waals surface area contributed by atoms with E-state index in [0.717, 1.165) is 28.3 Å². The Balaban J connectivity index is 1.60. The largest absolute Gasteiger partial charge is 0.353 e. The summed E-state index contributed by atoms with van der Waals surface area (Å²) in [6.45, 7) is 0. The fourth-order valence-corrected chi connectivity index (χ4v) is 3.73. The van der Waals surface area contributed by atoms with Crippen LogP contribution < -0.4 is 0 Å². The Morgan fingerprint density at radius 1 is 0.920 bits per heavy atom. The van der Waals surface area contributed by atoms with Gasteiger partial charge in [0.25, 0.3) is 0 Å².